The van der Waals surface area contributed by atoms with Crippen LogP contribution in [0.1, 0.15) is 78.5 Å². The molecule has 1 aliphatic heterocycles. The van der Waals surface area contributed by atoms with Gasteiger partial charge < -0.3 is 29.9 Å². The van der Waals surface area contributed by atoms with Crippen molar-refractivity contribution < 1.29 is 27.8 Å². The Labute approximate surface area is 236 Å². The van der Waals surface area contributed by atoms with Gasteiger partial charge >= 0.3 is 6.09 Å². The third-order valence-electron chi connectivity index (χ3n) is 6.81. The molecule has 40 heavy (non-hydrogen) atoms. The first kappa shape index (κ1) is 31.8. The third-order valence-corrected chi connectivity index (χ3v) is 6.81. The Kier molecular flexibility index (Phi) is 10.9. The Bertz CT molecular complexity index is 1020. The molecule has 226 valence electrons. The van der Waals surface area contributed by atoms with Gasteiger partial charge in [0.05, 0.1) is 6.10 Å². The van der Waals surface area contributed by atoms with Crippen molar-refractivity contribution in [2.24, 2.45) is 5.92 Å². The summed E-state index contributed by atoms with van der Waals surface area (Å²) < 4.78 is 40.5. The van der Waals surface area contributed by atoms with E-state index < -0.39 is 17.6 Å². The third kappa shape index (κ3) is 9.14. The molecule has 1 atom stereocenters. The molecule has 1 saturated heterocycles. The predicted molar refractivity (Wildman–Crippen MR) is 150 cm³/mol. The van der Waals surface area contributed by atoms with Crippen molar-refractivity contribution in [1.82, 2.24) is 20.2 Å². The second-order valence-electron chi connectivity index (χ2n) is 12.0. The first-order chi connectivity index (χ1) is 18.8. The number of carbonyl (C=O) groups is 2. The molecule has 2 N–H and O–H groups in total. The zero-order valence-electron chi connectivity index (χ0n) is 24.8. The molecule has 2 amide bonds. The van der Waals surface area contributed by atoms with Crippen LogP contribution < -0.4 is 15.5 Å². The lowest BCUT2D eigenvalue weighted by molar-refractivity contribution is -0.137. The van der Waals surface area contributed by atoms with Crippen molar-refractivity contribution in [2.45, 2.75) is 91.3 Å². The van der Waals surface area contributed by atoms with Gasteiger partial charge in [-0.15, -0.1) is 0 Å². The standard InChI is InChI=1S/C28H46F2N6O4/c1-7-14-35(16-13-32-26(38)40-27(4,5)6)22(37)18-39-20-10-15-36(17-20)24-21-8-11-28(29,30)23(21)33-25(34-24)31-12-9-19(2)3/h19-20H,7-18H2,1-6H3,(H,32,38)(H,31,33,34). The van der Waals surface area contributed by atoms with E-state index >= 15 is 0 Å². The number of halogens is 2. The molecule has 1 fully saturated rings. The quantitative estimate of drug-likeness (QED) is 0.362. The molecule has 2 heterocycles. The summed E-state index contributed by atoms with van der Waals surface area (Å²) in [7, 11) is 0. The molecule has 0 saturated carbocycles. The molecule has 0 radical (unpaired) electrons. The van der Waals surface area contributed by atoms with Gasteiger partial charge in [0, 0.05) is 51.3 Å². The smallest absolute Gasteiger partial charge is 0.407 e. The van der Waals surface area contributed by atoms with Crippen molar-refractivity contribution in [2.75, 3.05) is 56.1 Å². The van der Waals surface area contributed by atoms with Gasteiger partial charge in [-0.25, -0.2) is 9.78 Å². The number of anilines is 2. The van der Waals surface area contributed by atoms with Crippen LogP contribution in [-0.4, -0.2) is 84.4 Å². The lowest BCUT2D eigenvalue weighted by Gasteiger charge is -2.24. The van der Waals surface area contributed by atoms with E-state index in [-0.39, 0.29) is 49.6 Å². The molecule has 1 aromatic heterocycles. The molecule has 0 bridgehead atoms. The minimum Gasteiger partial charge on any atom is -0.444 e. The summed E-state index contributed by atoms with van der Waals surface area (Å²) in [5.74, 6) is -1.90. The summed E-state index contributed by atoms with van der Waals surface area (Å²) in [6, 6.07) is 0. The van der Waals surface area contributed by atoms with E-state index in [4.69, 9.17) is 9.47 Å². The molecule has 1 aromatic rings. The summed E-state index contributed by atoms with van der Waals surface area (Å²) in [6.45, 7) is 14.3. The van der Waals surface area contributed by atoms with E-state index in [9.17, 15) is 18.4 Å². The number of amides is 2. The van der Waals surface area contributed by atoms with Crippen LogP contribution in [0.2, 0.25) is 0 Å². The Morgan fingerprint density at radius 2 is 1.95 bits per heavy atom. The Morgan fingerprint density at radius 3 is 2.62 bits per heavy atom. The van der Waals surface area contributed by atoms with Crippen LogP contribution >= 0.6 is 0 Å². The number of rotatable bonds is 13. The molecule has 1 unspecified atom stereocenters. The van der Waals surface area contributed by atoms with Crippen molar-refractivity contribution in [3.63, 3.8) is 0 Å². The van der Waals surface area contributed by atoms with Crippen molar-refractivity contribution in [3.05, 3.63) is 11.3 Å². The van der Waals surface area contributed by atoms with Crippen LogP contribution in [0.4, 0.5) is 25.3 Å². The predicted octanol–water partition coefficient (Wildman–Crippen LogP) is 4.33. The summed E-state index contributed by atoms with van der Waals surface area (Å²) >= 11 is 0. The number of aromatic nitrogens is 2. The van der Waals surface area contributed by atoms with Gasteiger partial charge in [0.15, 0.2) is 0 Å². The van der Waals surface area contributed by atoms with Crippen molar-refractivity contribution >= 4 is 23.8 Å². The first-order valence-electron chi connectivity index (χ1n) is 14.4. The molecule has 0 spiro atoms. The van der Waals surface area contributed by atoms with Crippen molar-refractivity contribution in [3.8, 4) is 0 Å². The highest BCUT2D eigenvalue weighted by Gasteiger charge is 2.44. The van der Waals surface area contributed by atoms with Gasteiger partial charge in [-0.1, -0.05) is 20.8 Å². The molecule has 3 rings (SSSR count). The van der Waals surface area contributed by atoms with E-state index in [0.717, 1.165) is 12.8 Å². The van der Waals surface area contributed by atoms with Crippen LogP contribution in [0.3, 0.4) is 0 Å². The highest BCUT2D eigenvalue weighted by Crippen LogP contribution is 2.44. The molecule has 0 aromatic carbocycles. The van der Waals surface area contributed by atoms with Crippen LogP contribution in [0.25, 0.3) is 0 Å². The number of alkyl halides is 2. The lowest BCUT2D eigenvalue weighted by Crippen LogP contribution is -2.42. The maximum atomic E-state index is 14.6. The Balaban J connectivity index is 1.56. The van der Waals surface area contributed by atoms with Crippen LogP contribution in [0.15, 0.2) is 0 Å². The number of ether oxygens (including phenoxy) is 2. The molecule has 1 aliphatic carbocycles. The maximum absolute atomic E-state index is 14.6. The van der Waals surface area contributed by atoms with Crippen LogP contribution in [0, 0.1) is 5.92 Å². The van der Waals surface area contributed by atoms with E-state index in [1.54, 1.807) is 25.7 Å². The maximum Gasteiger partial charge on any atom is 0.407 e. The molecule has 12 heteroatoms. The highest BCUT2D eigenvalue weighted by molar-refractivity contribution is 5.77. The monoisotopic (exact) mass is 568 g/mol. The summed E-state index contributed by atoms with van der Waals surface area (Å²) in [6.07, 6.45) is 1.53. The fourth-order valence-electron chi connectivity index (χ4n) is 4.79. The minimum absolute atomic E-state index is 0.0904. The number of carbonyl (C=O) groups excluding carboxylic acids is 2. The second-order valence-corrected chi connectivity index (χ2v) is 12.0. The van der Waals surface area contributed by atoms with E-state index in [1.165, 1.54) is 0 Å². The van der Waals surface area contributed by atoms with Crippen molar-refractivity contribution in [1.29, 1.82) is 0 Å². The average Bonchev–Trinajstić information content (AvgIpc) is 3.44. The molecule has 10 nitrogen and oxygen atoms in total. The number of alkyl carbamates (subject to hydrolysis) is 1. The fourth-order valence-corrected chi connectivity index (χ4v) is 4.79. The van der Waals surface area contributed by atoms with Gasteiger partial charge in [-0.2, -0.15) is 13.8 Å². The van der Waals surface area contributed by atoms with Gasteiger partial charge in [0.2, 0.25) is 11.9 Å². The lowest BCUT2D eigenvalue weighted by atomic mass is 10.1. The average molecular weight is 569 g/mol. The Morgan fingerprint density at radius 1 is 1.20 bits per heavy atom. The number of fused-ring (bicyclic) bond motifs is 1. The van der Waals surface area contributed by atoms with Gasteiger partial charge in [-0.05, 0) is 52.4 Å². The Hall–Kier alpha value is -2.76. The zero-order valence-corrected chi connectivity index (χ0v) is 24.8. The largest absolute Gasteiger partial charge is 0.444 e. The molecular weight excluding hydrogens is 522 g/mol. The number of nitrogens with one attached hydrogen (secondary N) is 2. The van der Waals surface area contributed by atoms with E-state index in [1.807, 2.05) is 11.8 Å². The fraction of sp³-hybridized carbons (Fsp3) is 0.786. The van der Waals surface area contributed by atoms with E-state index in [0.29, 0.717) is 56.4 Å². The second kappa shape index (κ2) is 13.7. The zero-order chi connectivity index (χ0) is 29.5. The molecule has 2 aliphatic rings. The van der Waals surface area contributed by atoms with Gasteiger partial charge in [-0.3, -0.25) is 4.79 Å². The van der Waals surface area contributed by atoms with Crippen LogP contribution in [-0.2, 0) is 26.6 Å². The summed E-state index contributed by atoms with van der Waals surface area (Å²) in [5, 5.41) is 5.80. The normalized spacial score (nSPS) is 18.1. The van der Waals surface area contributed by atoms with E-state index in [2.05, 4.69) is 34.4 Å². The summed E-state index contributed by atoms with van der Waals surface area (Å²) in [5.41, 5.74) is -0.271. The van der Waals surface area contributed by atoms with Gasteiger partial charge in [0.1, 0.15) is 23.7 Å². The SMILES string of the molecule is CCCN(CCNC(=O)OC(C)(C)C)C(=O)COC1CCN(c2nc(NCCC(C)C)nc3c2CCC3(F)F)C1. The van der Waals surface area contributed by atoms with Gasteiger partial charge in [0.25, 0.3) is 5.92 Å². The number of nitrogens with zero attached hydrogens (tertiary/aromatic N) is 4. The number of hydrogen-bond acceptors (Lipinski definition) is 8. The summed E-state index contributed by atoms with van der Waals surface area (Å²) in [4.78, 5) is 37.3. The minimum atomic E-state index is -2.97. The number of hydrogen-bond donors (Lipinski definition) is 2. The topological polar surface area (TPSA) is 109 Å². The highest BCUT2D eigenvalue weighted by atomic mass is 19.3. The van der Waals surface area contributed by atoms with Crippen LogP contribution in [0.5, 0.6) is 0 Å². The first-order valence-corrected chi connectivity index (χ1v) is 14.4. The molecular formula is C28H46F2N6O4.